The summed E-state index contributed by atoms with van der Waals surface area (Å²) in [6.45, 7) is 3.99. The molecule has 0 spiro atoms. The minimum atomic E-state index is 0.624. The van der Waals surface area contributed by atoms with Crippen molar-refractivity contribution in [1.82, 2.24) is 24.7 Å². The van der Waals surface area contributed by atoms with Gasteiger partial charge in [0.25, 0.3) is 0 Å². The number of nitrogens with one attached hydrogen (secondary N) is 1. The summed E-state index contributed by atoms with van der Waals surface area (Å²) in [5.74, 6) is 0. The number of rotatable bonds is 2. The molecule has 112 valence electrons. The number of H-pyrrole nitrogens is 1. The monoisotopic (exact) mass is 302 g/mol. The molecule has 3 heterocycles. The Hall–Kier alpha value is -3.20. The van der Waals surface area contributed by atoms with Gasteiger partial charge in [-0.2, -0.15) is 10.4 Å². The highest BCUT2D eigenvalue weighted by atomic mass is 15.3. The largest absolute Gasteiger partial charge is 0.343 e. The number of aryl methyl sites for hydroxylation is 2. The molecule has 0 unspecified atom stereocenters. The van der Waals surface area contributed by atoms with Crippen molar-refractivity contribution >= 4 is 21.9 Å². The number of aromatic nitrogens is 5. The minimum absolute atomic E-state index is 0.624. The van der Waals surface area contributed by atoms with Gasteiger partial charge in [-0.3, -0.25) is 4.98 Å². The molecule has 0 saturated heterocycles. The highest BCUT2D eigenvalue weighted by molar-refractivity contribution is 6.08. The Morgan fingerprint density at radius 1 is 1.39 bits per heavy atom. The maximum atomic E-state index is 9.73. The molecule has 23 heavy (non-hydrogen) atoms. The normalized spacial score (nSPS) is 11.2. The number of benzene rings is 1. The van der Waals surface area contributed by atoms with Crippen molar-refractivity contribution < 1.29 is 0 Å². The van der Waals surface area contributed by atoms with Gasteiger partial charge in [0.2, 0.25) is 0 Å². The summed E-state index contributed by atoms with van der Waals surface area (Å²) >= 11 is 0. The molecule has 4 aromatic rings. The maximum absolute atomic E-state index is 9.73. The zero-order chi connectivity index (χ0) is 16.0. The second kappa shape index (κ2) is 4.92. The van der Waals surface area contributed by atoms with E-state index in [9.17, 15) is 5.26 Å². The van der Waals surface area contributed by atoms with Crippen LogP contribution in [0.4, 0.5) is 0 Å². The van der Waals surface area contributed by atoms with Crippen molar-refractivity contribution in [3.63, 3.8) is 0 Å². The fourth-order valence-electron chi connectivity index (χ4n) is 3.06. The Morgan fingerprint density at radius 3 is 2.96 bits per heavy atom. The third-order valence-corrected chi connectivity index (χ3v) is 4.11. The van der Waals surface area contributed by atoms with E-state index >= 15 is 0 Å². The Labute approximate surface area is 132 Å². The average molecular weight is 302 g/mol. The first-order valence-corrected chi connectivity index (χ1v) is 7.44. The van der Waals surface area contributed by atoms with Gasteiger partial charge in [0.1, 0.15) is 11.6 Å². The van der Waals surface area contributed by atoms with Crippen LogP contribution in [0.2, 0.25) is 0 Å². The molecule has 0 fully saturated rings. The van der Waals surface area contributed by atoms with E-state index in [1.54, 1.807) is 17.2 Å². The summed E-state index contributed by atoms with van der Waals surface area (Å²) < 4.78 is 1.73. The quantitative estimate of drug-likeness (QED) is 0.617. The van der Waals surface area contributed by atoms with Crippen molar-refractivity contribution in [3.8, 4) is 11.8 Å². The van der Waals surface area contributed by atoms with Crippen molar-refractivity contribution in [2.24, 2.45) is 0 Å². The minimum Gasteiger partial charge on any atom is -0.343 e. The van der Waals surface area contributed by atoms with E-state index in [0.29, 0.717) is 5.56 Å². The van der Waals surface area contributed by atoms with E-state index in [1.165, 1.54) is 0 Å². The van der Waals surface area contributed by atoms with E-state index in [4.69, 9.17) is 4.98 Å². The van der Waals surface area contributed by atoms with Gasteiger partial charge in [-0.05, 0) is 31.0 Å². The van der Waals surface area contributed by atoms with Crippen LogP contribution in [-0.2, 0) is 6.42 Å². The number of imidazole rings is 1. The lowest BCUT2D eigenvalue weighted by atomic mass is 9.98. The topological polar surface area (TPSA) is 83.2 Å². The summed E-state index contributed by atoms with van der Waals surface area (Å²) in [6.07, 6.45) is 5.96. The van der Waals surface area contributed by atoms with Gasteiger partial charge in [-0.15, -0.1) is 0 Å². The van der Waals surface area contributed by atoms with E-state index in [-0.39, 0.29) is 0 Å². The first kappa shape index (κ1) is 13.5. The molecule has 6 heteroatoms. The molecule has 0 atom stereocenters. The SMILES string of the molecule is CCc1cc2nc(C)c3[nH]cnc3c2c(-n2cccn2)c1C#N. The van der Waals surface area contributed by atoms with Crippen LogP contribution in [0.1, 0.15) is 23.7 Å². The summed E-state index contributed by atoms with van der Waals surface area (Å²) in [6, 6.07) is 6.17. The lowest BCUT2D eigenvalue weighted by molar-refractivity contribution is 0.881. The van der Waals surface area contributed by atoms with Crippen LogP contribution in [0.15, 0.2) is 30.9 Å². The van der Waals surface area contributed by atoms with Gasteiger partial charge < -0.3 is 4.98 Å². The first-order chi connectivity index (χ1) is 11.2. The van der Waals surface area contributed by atoms with E-state index in [1.807, 2.05) is 32.2 Å². The zero-order valence-corrected chi connectivity index (χ0v) is 12.8. The Morgan fingerprint density at radius 2 is 2.26 bits per heavy atom. The summed E-state index contributed by atoms with van der Waals surface area (Å²) in [7, 11) is 0. The van der Waals surface area contributed by atoms with Gasteiger partial charge in [0, 0.05) is 12.4 Å². The molecule has 0 bridgehead atoms. The van der Waals surface area contributed by atoms with E-state index < -0.39 is 0 Å². The summed E-state index contributed by atoms with van der Waals surface area (Å²) in [5.41, 5.74) is 5.77. The predicted octanol–water partition coefficient (Wildman–Crippen LogP) is 3.04. The van der Waals surface area contributed by atoms with Crippen LogP contribution in [0.3, 0.4) is 0 Å². The Kier molecular flexibility index (Phi) is 2.88. The first-order valence-electron chi connectivity index (χ1n) is 7.44. The predicted molar refractivity (Wildman–Crippen MR) is 87.3 cm³/mol. The van der Waals surface area contributed by atoms with Gasteiger partial charge in [-0.25, -0.2) is 9.67 Å². The zero-order valence-electron chi connectivity index (χ0n) is 12.8. The maximum Gasteiger partial charge on any atom is 0.102 e. The molecule has 0 aliphatic carbocycles. The van der Waals surface area contributed by atoms with Crippen molar-refractivity contribution in [2.45, 2.75) is 20.3 Å². The Balaban J connectivity index is 2.30. The molecule has 0 aliphatic heterocycles. The molecule has 0 amide bonds. The highest BCUT2D eigenvalue weighted by Crippen LogP contribution is 2.33. The number of pyridine rings is 1. The van der Waals surface area contributed by atoms with Gasteiger partial charge in [0.15, 0.2) is 0 Å². The molecule has 6 nitrogen and oxygen atoms in total. The summed E-state index contributed by atoms with van der Waals surface area (Å²) in [5, 5.41) is 14.9. The summed E-state index contributed by atoms with van der Waals surface area (Å²) in [4.78, 5) is 12.3. The number of fused-ring (bicyclic) bond motifs is 3. The second-order valence-electron chi connectivity index (χ2n) is 5.39. The average Bonchev–Trinajstić information content (AvgIpc) is 3.24. The fraction of sp³-hybridized carbons (Fsp3) is 0.176. The standard InChI is InChI=1S/C17H14N6/c1-3-11-7-13-14(16-15(10(2)22-13)19-9-20-16)17(12(11)8-18)23-6-4-5-21-23/h4-7,9H,3H2,1-2H3,(H,19,20). The van der Waals surface area contributed by atoms with Crippen LogP contribution in [0.5, 0.6) is 0 Å². The van der Waals surface area contributed by atoms with Crippen LogP contribution in [-0.4, -0.2) is 24.7 Å². The fourth-order valence-corrected chi connectivity index (χ4v) is 3.06. The van der Waals surface area contributed by atoms with E-state index in [0.717, 1.165) is 45.3 Å². The Bertz CT molecular complexity index is 1070. The molecular formula is C17H14N6. The molecule has 1 N–H and O–H groups in total. The van der Waals surface area contributed by atoms with Crippen molar-refractivity contribution in [1.29, 1.82) is 5.26 Å². The molecule has 0 saturated carbocycles. The molecule has 4 rings (SSSR count). The van der Waals surface area contributed by atoms with Crippen LogP contribution < -0.4 is 0 Å². The number of hydrogen-bond donors (Lipinski definition) is 1. The third-order valence-electron chi connectivity index (χ3n) is 4.11. The lowest BCUT2D eigenvalue weighted by Crippen LogP contribution is -2.04. The molecule has 1 aromatic carbocycles. The van der Waals surface area contributed by atoms with Crippen LogP contribution in [0.25, 0.3) is 27.6 Å². The van der Waals surface area contributed by atoms with Crippen molar-refractivity contribution in [2.75, 3.05) is 0 Å². The number of nitriles is 1. The molecule has 3 aromatic heterocycles. The number of nitrogens with zero attached hydrogens (tertiary/aromatic N) is 5. The number of hydrogen-bond acceptors (Lipinski definition) is 4. The van der Waals surface area contributed by atoms with Gasteiger partial charge in [0.05, 0.1) is 39.7 Å². The smallest absolute Gasteiger partial charge is 0.102 e. The molecule has 0 aliphatic rings. The number of aromatic amines is 1. The van der Waals surface area contributed by atoms with E-state index in [2.05, 4.69) is 21.1 Å². The molecular weight excluding hydrogens is 288 g/mol. The van der Waals surface area contributed by atoms with Gasteiger partial charge in [-0.1, -0.05) is 6.92 Å². The van der Waals surface area contributed by atoms with Crippen LogP contribution in [0, 0.1) is 18.3 Å². The second-order valence-corrected chi connectivity index (χ2v) is 5.39. The molecule has 0 radical (unpaired) electrons. The third kappa shape index (κ3) is 1.83. The lowest BCUT2D eigenvalue weighted by Gasteiger charge is -2.13. The van der Waals surface area contributed by atoms with Crippen molar-refractivity contribution in [3.05, 3.63) is 47.7 Å². The van der Waals surface area contributed by atoms with Crippen LogP contribution >= 0.6 is 0 Å². The van der Waals surface area contributed by atoms with Gasteiger partial charge >= 0.3 is 0 Å². The highest BCUT2D eigenvalue weighted by Gasteiger charge is 2.19.